The molecule has 2 rings (SSSR count). The quantitative estimate of drug-likeness (QED) is 0.828. The van der Waals surface area contributed by atoms with Crippen molar-refractivity contribution in [3.63, 3.8) is 0 Å². The Bertz CT molecular complexity index is 648. The van der Waals surface area contributed by atoms with Gasteiger partial charge in [-0.15, -0.1) is 0 Å². The molecule has 0 fully saturated rings. The van der Waals surface area contributed by atoms with Crippen molar-refractivity contribution in [3.05, 3.63) is 60.2 Å². The molecule has 4 nitrogen and oxygen atoms in total. The molecule has 0 atom stereocenters. The van der Waals surface area contributed by atoms with E-state index in [4.69, 9.17) is 10.2 Å². The number of aliphatic hydroxyl groups is 2. The Kier molecular flexibility index (Phi) is 3.99. The molecule has 0 bridgehead atoms. The normalized spacial score (nSPS) is 11.7. The van der Waals surface area contributed by atoms with Crippen LogP contribution < -0.4 is 0 Å². The summed E-state index contributed by atoms with van der Waals surface area (Å²) in [4.78, 5) is 0.296. The van der Waals surface area contributed by atoms with Crippen molar-refractivity contribution in [3.8, 4) is 0 Å². The molecule has 0 aromatic heterocycles. The largest absolute Gasteiger partial charge is 0.368 e. The predicted molar refractivity (Wildman–Crippen MR) is 70.3 cm³/mol. The topological polar surface area (TPSA) is 74.6 Å². The molecule has 100 valence electrons. The molecule has 0 saturated carbocycles. The second-order valence-electron chi connectivity index (χ2n) is 4.11. The minimum Gasteiger partial charge on any atom is -0.368 e. The van der Waals surface area contributed by atoms with E-state index in [9.17, 15) is 8.42 Å². The second-order valence-corrected chi connectivity index (χ2v) is 6.03. The minimum atomic E-state index is -3.64. The van der Waals surface area contributed by atoms with E-state index < -0.39 is 16.1 Å². The molecule has 0 aliphatic heterocycles. The van der Waals surface area contributed by atoms with Gasteiger partial charge in [0.05, 0.1) is 9.79 Å². The Balaban J connectivity index is 2.53. The molecule has 0 spiro atoms. The highest BCUT2D eigenvalue weighted by molar-refractivity contribution is 7.91. The van der Waals surface area contributed by atoms with Crippen LogP contribution in [0.1, 0.15) is 5.56 Å². The van der Waals surface area contributed by atoms with Crippen molar-refractivity contribution in [1.82, 2.24) is 0 Å². The highest BCUT2D eigenvalue weighted by Crippen LogP contribution is 2.24. The fourth-order valence-electron chi connectivity index (χ4n) is 1.86. The van der Waals surface area contributed by atoms with Crippen molar-refractivity contribution < 1.29 is 18.6 Å². The van der Waals surface area contributed by atoms with Crippen molar-refractivity contribution in [2.24, 2.45) is 0 Å². The summed E-state index contributed by atoms with van der Waals surface area (Å²) >= 11 is 0. The fraction of sp³-hybridized carbons (Fsp3) is 0.143. The number of hydrogen-bond acceptors (Lipinski definition) is 4. The fourth-order valence-corrected chi connectivity index (χ4v) is 3.38. The van der Waals surface area contributed by atoms with Crippen LogP contribution in [0, 0.1) is 0 Å². The molecule has 2 aromatic rings. The Morgan fingerprint density at radius 3 is 2.11 bits per heavy atom. The first-order chi connectivity index (χ1) is 9.01. The van der Waals surface area contributed by atoms with Gasteiger partial charge in [-0.05, 0) is 23.8 Å². The predicted octanol–water partition coefficient (Wildman–Crippen LogP) is 1.37. The molecule has 0 aliphatic carbocycles. The van der Waals surface area contributed by atoms with Crippen molar-refractivity contribution in [1.29, 1.82) is 0 Å². The van der Waals surface area contributed by atoms with E-state index in [1.54, 1.807) is 36.4 Å². The Hall–Kier alpha value is -1.69. The summed E-state index contributed by atoms with van der Waals surface area (Å²) in [7, 11) is -3.64. The highest BCUT2D eigenvalue weighted by atomic mass is 32.2. The van der Waals surface area contributed by atoms with Gasteiger partial charge in [0.1, 0.15) is 0 Å². The smallest absolute Gasteiger partial charge is 0.206 e. The van der Waals surface area contributed by atoms with Gasteiger partial charge in [-0.1, -0.05) is 36.4 Å². The summed E-state index contributed by atoms with van der Waals surface area (Å²) in [6, 6.07) is 14.4. The minimum absolute atomic E-state index is 0.106. The summed E-state index contributed by atoms with van der Waals surface area (Å²) in [6.07, 6.45) is -1.70. The second kappa shape index (κ2) is 5.52. The monoisotopic (exact) mass is 278 g/mol. The van der Waals surface area contributed by atoms with Crippen LogP contribution in [0.3, 0.4) is 0 Å². The molecule has 0 unspecified atom stereocenters. The van der Waals surface area contributed by atoms with Crippen LogP contribution in [0.15, 0.2) is 64.4 Å². The molecule has 19 heavy (non-hydrogen) atoms. The van der Waals surface area contributed by atoms with Crippen LogP contribution in [0.5, 0.6) is 0 Å². The van der Waals surface area contributed by atoms with Gasteiger partial charge in [0.15, 0.2) is 6.29 Å². The first-order valence-corrected chi connectivity index (χ1v) is 7.24. The van der Waals surface area contributed by atoms with Crippen LogP contribution in [-0.2, 0) is 16.3 Å². The lowest BCUT2D eigenvalue weighted by Crippen LogP contribution is -2.12. The van der Waals surface area contributed by atoms with Crippen LogP contribution in [0.25, 0.3) is 0 Å². The maximum Gasteiger partial charge on any atom is 0.206 e. The Morgan fingerprint density at radius 2 is 1.47 bits per heavy atom. The van der Waals surface area contributed by atoms with Gasteiger partial charge < -0.3 is 10.2 Å². The third-order valence-corrected chi connectivity index (χ3v) is 4.59. The van der Waals surface area contributed by atoms with Gasteiger partial charge in [0.25, 0.3) is 0 Å². The van der Waals surface area contributed by atoms with E-state index in [-0.39, 0.29) is 16.2 Å². The maximum absolute atomic E-state index is 12.5. The third-order valence-electron chi connectivity index (χ3n) is 2.72. The molecular weight excluding hydrogens is 264 g/mol. The molecule has 2 aromatic carbocycles. The summed E-state index contributed by atoms with van der Waals surface area (Å²) in [6.45, 7) is 0. The molecule has 0 aliphatic rings. The summed E-state index contributed by atoms with van der Waals surface area (Å²) in [5, 5.41) is 18.1. The first-order valence-electron chi connectivity index (χ1n) is 5.76. The van der Waals surface area contributed by atoms with E-state index in [0.717, 1.165) is 0 Å². The summed E-state index contributed by atoms with van der Waals surface area (Å²) < 4.78 is 24.9. The zero-order valence-electron chi connectivity index (χ0n) is 10.1. The average Bonchev–Trinajstić information content (AvgIpc) is 2.39. The number of hydrogen-bond donors (Lipinski definition) is 2. The van der Waals surface area contributed by atoms with E-state index in [2.05, 4.69) is 0 Å². The molecule has 0 saturated heterocycles. The molecule has 5 heteroatoms. The van der Waals surface area contributed by atoms with Crippen molar-refractivity contribution in [2.45, 2.75) is 22.5 Å². The van der Waals surface area contributed by atoms with E-state index in [1.165, 1.54) is 18.2 Å². The molecule has 0 amide bonds. The lowest BCUT2D eigenvalue weighted by molar-refractivity contribution is -0.0385. The molecular formula is C14H14O4S. The van der Waals surface area contributed by atoms with Gasteiger partial charge in [-0.25, -0.2) is 8.42 Å². The molecule has 0 heterocycles. The summed E-state index contributed by atoms with van der Waals surface area (Å²) in [5.74, 6) is 0. The zero-order valence-corrected chi connectivity index (χ0v) is 10.9. The first kappa shape index (κ1) is 13.7. The SMILES string of the molecule is O=S(=O)(c1ccccc1)c1ccccc1CC(O)O. The molecule has 2 N–H and O–H groups in total. The maximum atomic E-state index is 12.5. The third kappa shape index (κ3) is 3.01. The average molecular weight is 278 g/mol. The van der Waals surface area contributed by atoms with Crippen LogP contribution in [0.4, 0.5) is 0 Å². The number of rotatable bonds is 4. The molecule has 0 radical (unpaired) electrons. The van der Waals surface area contributed by atoms with Gasteiger partial charge in [-0.2, -0.15) is 0 Å². The Labute approximate surface area is 111 Å². The van der Waals surface area contributed by atoms with Gasteiger partial charge in [-0.3, -0.25) is 0 Å². The number of benzene rings is 2. The zero-order chi connectivity index (χ0) is 13.9. The van der Waals surface area contributed by atoms with Gasteiger partial charge >= 0.3 is 0 Å². The lowest BCUT2D eigenvalue weighted by Gasteiger charge is -2.11. The van der Waals surface area contributed by atoms with Gasteiger partial charge in [0.2, 0.25) is 9.84 Å². The van der Waals surface area contributed by atoms with Crippen LogP contribution >= 0.6 is 0 Å². The van der Waals surface area contributed by atoms with Crippen LogP contribution in [-0.4, -0.2) is 24.9 Å². The number of sulfone groups is 1. The lowest BCUT2D eigenvalue weighted by atomic mass is 10.1. The van der Waals surface area contributed by atoms with Crippen LogP contribution in [0.2, 0.25) is 0 Å². The highest BCUT2D eigenvalue weighted by Gasteiger charge is 2.21. The summed E-state index contributed by atoms with van der Waals surface area (Å²) in [5.41, 5.74) is 0.390. The van der Waals surface area contributed by atoms with E-state index in [1.807, 2.05) is 0 Å². The van der Waals surface area contributed by atoms with Gasteiger partial charge in [0, 0.05) is 6.42 Å². The van der Waals surface area contributed by atoms with Crippen molar-refractivity contribution in [2.75, 3.05) is 0 Å². The number of aliphatic hydroxyl groups excluding tert-OH is 1. The van der Waals surface area contributed by atoms with Crippen molar-refractivity contribution >= 4 is 9.84 Å². The van der Waals surface area contributed by atoms with E-state index in [0.29, 0.717) is 5.56 Å². The Morgan fingerprint density at radius 1 is 0.895 bits per heavy atom. The van der Waals surface area contributed by atoms with E-state index >= 15 is 0 Å². The standard InChI is InChI=1S/C14H14O4S/c15-14(16)10-11-6-4-5-9-13(11)19(17,18)12-7-2-1-3-8-12/h1-9,14-16H,10H2.